The summed E-state index contributed by atoms with van der Waals surface area (Å²) >= 11 is 1.26. The monoisotopic (exact) mass is 398 g/mol. The van der Waals surface area contributed by atoms with E-state index in [1.165, 1.54) is 18.1 Å². The molecule has 0 saturated carbocycles. The van der Waals surface area contributed by atoms with Crippen LogP contribution < -0.4 is 0 Å². The van der Waals surface area contributed by atoms with E-state index in [1.807, 2.05) is 6.07 Å². The summed E-state index contributed by atoms with van der Waals surface area (Å²) in [5, 5.41) is 1.12. The van der Waals surface area contributed by atoms with Crippen molar-refractivity contribution in [3.05, 3.63) is 78.4 Å². The number of fused-ring (bicyclic) bond motifs is 1. The second-order valence-corrected chi connectivity index (χ2v) is 6.79. The largest absolute Gasteiger partial charge is 0.331 e. The summed E-state index contributed by atoms with van der Waals surface area (Å²) in [4.78, 5) is 16.2. The molecule has 4 rings (SSSR count). The van der Waals surface area contributed by atoms with Crippen molar-refractivity contribution >= 4 is 22.7 Å². The third-order valence-corrected chi connectivity index (χ3v) is 4.93. The van der Waals surface area contributed by atoms with Crippen LogP contribution in [0.2, 0.25) is 0 Å². The zero-order valence-electron chi connectivity index (χ0n) is 14.6. The molecule has 0 bridgehead atoms. The van der Waals surface area contributed by atoms with E-state index < -0.39 is 17.6 Å². The van der Waals surface area contributed by atoms with E-state index >= 15 is 8.78 Å². The van der Waals surface area contributed by atoms with Crippen LogP contribution in [0.4, 0.5) is 13.2 Å². The van der Waals surface area contributed by atoms with Crippen LogP contribution in [0, 0.1) is 5.82 Å². The number of hydrogen-bond donors (Lipinski definition) is 0. The van der Waals surface area contributed by atoms with Crippen molar-refractivity contribution < 1.29 is 13.2 Å². The van der Waals surface area contributed by atoms with Gasteiger partial charge in [0.25, 0.3) is 0 Å². The highest BCUT2D eigenvalue weighted by atomic mass is 32.2. The van der Waals surface area contributed by atoms with Gasteiger partial charge in [-0.2, -0.15) is 8.78 Å². The van der Waals surface area contributed by atoms with E-state index in [0.29, 0.717) is 15.9 Å². The molecule has 140 valence electrons. The van der Waals surface area contributed by atoms with Gasteiger partial charge in [-0.3, -0.25) is 0 Å². The molecule has 0 aliphatic rings. The van der Waals surface area contributed by atoms with Crippen molar-refractivity contribution in [2.45, 2.75) is 10.9 Å². The zero-order chi connectivity index (χ0) is 19.7. The Balaban J connectivity index is 1.88. The van der Waals surface area contributed by atoms with Gasteiger partial charge in [0, 0.05) is 28.9 Å². The molecular weight excluding hydrogens is 385 g/mol. The molecule has 4 aromatic rings. The fourth-order valence-corrected chi connectivity index (χ4v) is 3.38. The highest BCUT2D eigenvalue weighted by Crippen LogP contribution is 2.36. The lowest BCUT2D eigenvalue weighted by atomic mass is 10.1. The van der Waals surface area contributed by atoms with Gasteiger partial charge in [-0.15, -0.1) is 11.8 Å². The van der Waals surface area contributed by atoms with Gasteiger partial charge < -0.3 is 0 Å². The maximum absolute atomic E-state index is 15.0. The van der Waals surface area contributed by atoms with E-state index in [9.17, 15) is 4.39 Å². The van der Waals surface area contributed by atoms with E-state index in [4.69, 9.17) is 0 Å². The average Bonchev–Trinajstić information content (AvgIpc) is 2.73. The Bertz CT molecular complexity index is 1140. The Morgan fingerprint density at radius 2 is 1.61 bits per heavy atom. The number of aromatic nitrogens is 4. The average molecular weight is 398 g/mol. The van der Waals surface area contributed by atoms with Crippen molar-refractivity contribution in [1.29, 1.82) is 0 Å². The highest BCUT2D eigenvalue weighted by molar-refractivity contribution is 7.98. The van der Waals surface area contributed by atoms with Crippen molar-refractivity contribution in [3.63, 3.8) is 0 Å². The van der Waals surface area contributed by atoms with E-state index in [-0.39, 0.29) is 5.56 Å². The first-order valence-electron chi connectivity index (χ1n) is 8.24. The Labute approximate surface area is 162 Å². The molecule has 0 spiro atoms. The molecule has 2 aromatic heterocycles. The summed E-state index contributed by atoms with van der Waals surface area (Å²) in [6.07, 6.45) is 6.46. The second kappa shape index (κ2) is 7.20. The standard InChI is InChI=1S/C20H13F3N4S/c1-28-18-16-7-2-12(13-9-24-11-25-10-13)8-17(16)26-19(27-18)20(22,23)14-3-5-15(21)6-4-14/h2-11H,1H3. The van der Waals surface area contributed by atoms with Crippen LogP contribution in [0.5, 0.6) is 0 Å². The summed E-state index contributed by atoms with van der Waals surface area (Å²) in [7, 11) is 0. The Hall–Kier alpha value is -3.00. The van der Waals surface area contributed by atoms with Crippen molar-refractivity contribution in [3.8, 4) is 11.1 Å². The molecule has 28 heavy (non-hydrogen) atoms. The fourth-order valence-electron chi connectivity index (χ4n) is 2.81. The lowest BCUT2D eigenvalue weighted by molar-refractivity contribution is 0.0325. The molecule has 0 amide bonds. The number of alkyl halides is 2. The normalized spacial score (nSPS) is 11.7. The molecule has 0 unspecified atom stereocenters. The van der Waals surface area contributed by atoms with Crippen molar-refractivity contribution in [2.75, 3.05) is 6.26 Å². The van der Waals surface area contributed by atoms with Crippen LogP contribution in [0.15, 0.2) is 66.2 Å². The Morgan fingerprint density at radius 1 is 0.893 bits per heavy atom. The van der Waals surface area contributed by atoms with Crippen LogP contribution >= 0.6 is 11.8 Å². The first-order valence-corrected chi connectivity index (χ1v) is 9.47. The molecule has 0 aliphatic heterocycles. The van der Waals surface area contributed by atoms with Crippen LogP contribution in [-0.4, -0.2) is 26.2 Å². The number of nitrogens with zero attached hydrogens (tertiary/aromatic N) is 4. The van der Waals surface area contributed by atoms with Gasteiger partial charge in [-0.1, -0.05) is 6.07 Å². The SMILES string of the molecule is CSc1nc(C(F)(F)c2ccc(F)cc2)nc2cc(-c3cncnc3)ccc12. The molecule has 4 nitrogen and oxygen atoms in total. The van der Waals surface area contributed by atoms with Gasteiger partial charge in [-0.25, -0.2) is 24.3 Å². The minimum atomic E-state index is -3.46. The summed E-state index contributed by atoms with van der Waals surface area (Å²) in [5.41, 5.74) is 1.53. The first kappa shape index (κ1) is 18.4. The summed E-state index contributed by atoms with van der Waals surface area (Å²) in [6, 6.07) is 9.42. The number of halogens is 3. The molecule has 0 atom stereocenters. The third-order valence-electron chi connectivity index (χ3n) is 4.24. The van der Waals surface area contributed by atoms with E-state index in [0.717, 1.165) is 35.4 Å². The molecule has 0 saturated heterocycles. The number of rotatable bonds is 4. The third kappa shape index (κ3) is 3.31. The molecule has 2 heterocycles. The van der Waals surface area contributed by atoms with Gasteiger partial charge in [0.05, 0.1) is 5.52 Å². The fraction of sp³-hybridized carbons (Fsp3) is 0.100. The van der Waals surface area contributed by atoms with E-state index in [2.05, 4.69) is 19.9 Å². The lowest BCUT2D eigenvalue weighted by Crippen LogP contribution is -2.19. The lowest BCUT2D eigenvalue weighted by Gasteiger charge is -2.17. The first-order chi connectivity index (χ1) is 13.5. The van der Waals surface area contributed by atoms with Crippen LogP contribution in [0.3, 0.4) is 0 Å². The van der Waals surface area contributed by atoms with Crippen molar-refractivity contribution in [1.82, 2.24) is 19.9 Å². The van der Waals surface area contributed by atoms with Gasteiger partial charge >= 0.3 is 5.92 Å². The second-order valence-electron chi connectivity index (χ2n) is 6.00. The van der Waals surface area contributed by atoms with Crippen molar-refractivity contribution in [2.24, 2.45) is 0 Å². The van der Waals surface area contributed by atoms with E-state index in [1.54, 1.807) is 30.8 Å². The Morgan fingerprint density at radius 3 is 2.29 bits per heavy atom. The van der Waals surface area contributed by atoms with Gasteiger partial charge in [0.15, 0.2) is 0 Å². The Kier molecular flexibility index (Phi) is 4.72. The van der Waals surface area contributed by atoms with Crippen LogP contribution in [0.25, 0.3) is 22.0 Å². The smallest absolute Gasteiger partial charge is 0.244 e. The van der Waals surface area contributed by atoms with Crippen LogP contribution in [0.1, 0.15) is 11.4 Å². The zero-order valence-corrected chi connectivity index (χ0v) is 15.4. The molecular formula is C20H13F3N4S. The van der Waals surface area contributed by atoms with Crippen LogP contribution in [-0.2, 0) is 5.92 Å². The number of hydrogen-bond acceptors (Lipinski definition) is 5. The predicted molar refractivity (Wildman–Crippen MR) is 102 cm³/mol. The number of benzene rings is 2. The topological polar surface area (TPSA) is 51.6 Å². The molecule has 8 heteroatoms. The molecule has 0 N–H and O–H groups in total. The minimum absolute atomic E-state index is 0.368. The minimum Gasteiger partial charge on any atom is -0.244 e. The summed E-state index contributed by atoms with van der Waals surface area (Å²) < 4.78 is 43.1. The maximum Gasteiger partial charge on any atom is 0.331 e. The predicted octanol–water partition coefficient (Wildman–Crippen LogP) is 5.09. The highest BCUT2D eigenvalue weighted by Gasteiger charge is 2.38. The molecule has 2 aromatic carbocycles. The van der Waals surface area contributed by atoms with Gasteiger partial charge in [0.1, 0.15) is 17.2 Å². The molecule has 0 aliphatic carbocycles. The molecule has 0 fully saturated rings. The molecule has 0 radical (unpaired) electrons. The summed E-state index contributed by atoms with van der Waals surface area (Å²) in [5.74, 6) is -4.67. The number of thioether (sulfide) groups is 1. The van der Waals surface area contributed by atoms with Gasteiger partial charge in [0.2, 0.25) is 5.82 Å². The quantitative estimate of drug-likeness (QED) is 0.354. The summed E-state index contributed by atoms with van der Waals surface area (Å²) in [6.45, 7) is 0. The van der Waals surface area contributed by atoms with Gasteiger partial charge in [-0.05, 0) is 48.2 Å². The maximum atomic E-state index is 15.0.